The Hall–Kier alpha value is -2.14. The molecule has 1 N–H and O–H groups in total. The molecule has 6 heteroatoms. The number of rotatable bonds is 4. The highest BCUT2D eigenvalue weighted by molar-refractivity contribution is 6.30. The van der Waals surface area contributed by atoms with Crippen LogP contribution in [-0.4, -0.2) is 16.1 Å². The van der Waals surface area contributed by atoms with E-state index in [2.05, 4.69) is 4.98 Å². The first-order valence-electron chi connectivity index (χ1n) is 5.32. The van der Waals surface area contributed by atoms with Crippen LogP contribution in [0.4, 0.5) is 4.39 Å². The van der Waals surface area contributed by atoms with Gasteiger partial charge in [0.2, 0.25) is 0 Å². The molecule has 0 fully saturated rings. The fraction of sp³-hybridized carbons (Fsp3) is 0.0769. The van der Waals surface area contributed by atoms with Gasteiger partial charge in [-0.15, -0.1) is 0 Å². The zero-order valence-electron chi connectivity index (χ0n) is 9.64. The lowest BCUT2D eigenvalue weighted by molar-refractivity contribution is 0.0691. The van der Waals surface area contributed by atoms with Crippen molar-refractivity contribution in [1.82, 2.24) is 4.98 Å². The van der Waals surface area contributed by atoms with Gasteiger partial charge in [-0.25, -0.2) is 9.18 Å². The fourth-order valence-corrected chi connectivity index (χ4v) is 1.67. The topological polar surface area (TPSA) is 59.4 Å². The lowest BCUT2D eigenvalue weighted by Gasteiger charge is -2.08. The van der Waals surface area contributed by atoms with Crippen LogP contribution in [0, 0.1) is 5.82 Å². The molecule has 0 radical (unpaired) electrons. The molecule has 1 aromatic heterocycles. The lowest BCUT2D eigenvalue weighted by Crippen LogP contribution is -2.04. The maximum absolute atomic E-state index is 13.0. The van der Waals surface area contributed by atoms with Crippen LogP contribution in [-0.2, 0) is 6.61 Å². The van der Waals surface area contributed by atoms with Crippen molar-refractivity contribution in [2.45, 2.75) is 6.61 Å². The molecule has 0 saturated heterocycles. The minimum Gasteiger partial charge on any atom is -0.486 e. The van der Waals surface area contributed by atoms with Gasteiger partial charge in [0.25, 0.3) is 0 Å². The van der Waals surface area contributed by atoms with Gasteiger partial charge < -0.3 is 9.84 Å². The third kappa shape index (κ3) is 3.20. The van der Waals surface area contributed by atoms with E-state index in [4.69, 9.17) is 21.4 Å². The number of carbonyl (C=O) groups is 1. The van der Waals surface area contributed by atoms with E-state index in [1.165, 1.54) is 36.7 Å². The maximum Gasteiger partial charge on any atom is 0.339 e. The molecule has 98 valence electrons. The molecule has 2 rings (SSSR count). The number of aromatic carboxylic acids is 1. The normalized spacial score (nSPS) is 10.2. The van der Waals surface area contributed by atoms with Gasteiger partial charge >= 0.3 is 5.97 Å². The number of hydrogen-bond acceptors (Lipinski definition) is 3. The summed E-state index contributed by atoms with van der Waals surface area (Å²) in [6.07, 6.45) is 2.68. The highest BCUT2D eigenvalue weighted by Crippen LogP contribution is 2.20. The molecule has 0 saturated carbocycles. The van der Waals surface area contributed by atoms with E-state index in [1.807, 2.05) is 0 Å². The first kappa shape index (κ1) is 13.3. The van der Waals surface area contributed by atoms with Crippen molar-refractivity contribution in [2.24, 2.45) is 0 Å². The van der Waals surface area contributed by atoms with Crippen LogP contribution >= 0.6 is 11.6 Å². The standard InChI is InChI=1S/C13H9ClFNO3/c14-10-5-8(1-2-11(10)15)7-19-12-6-16-4-3-9(12)13(17)18/h1-6H,7H2,(H,17,18). The third-order valence-electron chi connectivity index (χ3n) is 2.39. The Bertz CT molecular complexity index is 619. The number of carboxylic acids is 1. The second-order valence-corrected chi connectivity index (χ2v) is 4.12. The number of carboxylic acid groups (broad SMARTS) is 1. The summed E-state index contributed by atoms with van der Waals surface area (Å²) >= 11 is 5.64. The Kier molecular flexibility index (Phi) is 3.97. The number of ether oxygens (including phenoxy) is 1. The smallest absolute Gasteiger partial charge is 0.339 e. The Labute approximate surface area is 113 Å². The van der Waals surface area contributed by atoms with Crippen molar-refractivity contribution in [1.29, 1.82) is 0 Å². The molecule has 0 spiro atoms. The average Bonchev–Trinajstić information content (AvgIpc) is 2.40. The minimum absolute atomic E-state index is 0.00857. The van der Waals surface area contributed by atoms with Crippen LogP contribution in [0.5, 0.6) is 5.75 Å². The van der Waals surface area contributed by atoms with Gasteiger partial charge in [0.1, 0.15) is 18.0 Å². The zero-order chi connectivity index (χ0) is 13.8. The molecular formula is C13H9ClFNO3. The van der Waals surface area contributed by atoms with Crippen molar-refractivity contribution >= 4 is 17.6 Å². The van der Waals surface area contributed by atoms with Gasteiger partial charge in [-0.2, -0.15) is 0 Å². The summed E-state index contributed by atoms with van der Waals surface area (Å²) in [7, 11) is 0. The van der Waals surface area contributed by atoms with Crippen LogP contribution in [0.15, 0.2) is 36.7 Å². The number of pyridine rings is 1. The molecule has 4 nitrogen and oxygen atoms in total. The highest BCUT2D eigenvalue weighted by Gasteiger charge is 2.11. The molecule has 0 unspecified atom stereocenters. The summed E-state index contributed by atoms with van der Waals surface area (Å²) < 4.78 is 18.3. The van der Waals surface area contributed by atoms with Crippen LogP contribution in [0.3, 0.4) is 0 Å². The Morgan fingerprint density at radius 3 is 2.89 bits per heavy atom. The van der Waals surface area contributed by atoms with Gasteiger partial charge in [0.05, 0.1) is 11.2 Å². The van der Waals surface area contributed by atoms with Crippen molar-refractivity contribution < 1.29 is 19.0 Å². The van der Waals surface area contributed by atoms with E-state index < -0.39 is 11.8 Å². The van der Waals surface area contributed by atoms with Gasteiger partial charge in [-0.1, -0.05) is 17.7 Å². The summed E-state index contributed by atoms with van der Waals surface area (Å²) in [5, 5.41) is 8.96. The number of halogens is 2. The van der Waals surface area contributed by atoms with Gasteiger partial charge in [0.15, 0.2) is 5.75 Å². The second-order valence-electron chi connectivity index (χ2n) is 3.71. The second kappa shape index (κ2) is 5.67. The average molecular weight is 282 g/mol. The largest absolute Gasteiger partial charge is 0.486 e. The number of benzene rings is 1. The van der Waals surface area contributed by atoms with Crippen molar-refractivity contribution in [3.8, 4) is 5.75 Å². The van der Waals surface area contributed by atoms with Crippen LogP contribution < -0.4 is 4.74 Å². The zero-order valence-corrected chi connectivity index (χ0v) is 10.4. The molecule has 1 aromatic carbocycles. The van der Waals surface area contributed by atoms with Gasteiger partial charge in [0, 0.05) is 6.20 Å². The third-order valence-corrected chi connectivity index (χ3v) is 2.68. The van der Waals surface area contributed by atoms with Crippen LogP contribution in [0.2, 0.25) is 5.02 Å². The van der Waals surface area contributed by atoms with Gasteiger partial charge in [-0.05, 0) is 23.8 Å². The number of nitrogens with zero attached hydrogens (tertiary/aromatic N) is 1. The first-order valence-corrected chi connectivity index (χ1v) is 5.70. The van der Waals surface area contributed by atoms with E-state index in [-0.39, 0.29) is 22.9 Å². The molecule has 0 aliphatic carbocycles. The van der Waals surface area contributed by atoms with Crippen molar-refractivity contribution in [3.63, 3.8) is 0 Å². The monoisotopic (exact) mass is 281 g/mol. The molecule has 0 aliphatic heterocycles. The maximum atomic E-state index is 13.0. The highest BCUT2D eigenvalue weighted by atomic mass is 35.5. The summed E-state index contributed by atoms with van der Waals surface area (Å²) in [5.74, 6) is -1.47. The van der Waals surface area contributed by atoms with E-state index in [0.717, 1.165) is 0 Å². The summed E-state index contributed by atoms with van der Waals surface area (Å²) in [6.45, 7) is 0.0754. The lowest BCUT2D eigenvalue weighted by atomic mass is 10.2. The Morgan fingerprint density at radius 2 is 2.21 bits per heavy atom. The Balaban J connectivity index is 2.14. The van der Waals surface area contributed by atoms with E-state index in [1.54, 1.807) is 0 Å². The fourth-order valence-electron chi connectivity index (χ4n) is 1.46. The van der Waals surface area contributed by atoms with Crippen molar-refractivity contribution in [2.75, 3.05) is 0 Å². The molecule has 0 bridgehead atoms. The van der Waals surface area contributed by atoms with E-state index in [9.17, 15) is 9.18 Å². The summed E-state index contributed by atoms with van der Waals surface area (Å²) in [4.78, 5) is 14.8. The molecule has 19 heavy (non-hydrogen) atoms. The minimum atomic E-state index is -1.10. The number of hydrogen-bond donors (Lipinski definition) is 1. The van der Waals surface area contributed by atoms with E-state index in [0.29, 0.717) is 5.56 Å². The Morgan fingerprint density at radius 1 is 1.42 bits per heavy atom. The molecule has 0 amide bonds. The predicted octanol–water partition coefficient (Wildman–Crippen LogP) is 3.15. The summed E-state index contributed by atoms with van der Waals surface area (Å²) in [6, 6.07) is 5.50. The molecule has 0 atom stereocenters. The van der Waals surface area contributed by atoms with Crippen molar-refractivity contribution in [3.05, 3.63) is 58.6 Å². The quantitative estimate of drug-likeness (QED) is 0.935. The SMILES string of the molecule is O=C(O)c1ccncc1OCc1ccc(F)c(Cl)c1. The van der Waals surface area contributed by atoms with E-state index >= 15 is 0 Å². The first-order chi connectivity index (χ1) is 9.08. The molecule has 1 heterocycles. The molecule has 0 aliphatic rings. The van der Waals surface area contributed by atoms with Crippen LogP contribution in [0.25, 0.3) is 0 Å². The molecular weight excluding hydrogens is 273 g/mol. The summed E-state index contributed by atoms with van der Waals surface area (Å²) in [5.41, 5.74) is 0.648. The van der Waals surface area contributed by atoms with Crippen LogP contribution in [0.1, 0.15) is 15.9 Å². The molecule has 2 aromatic rings. The van der Waals surface area contributed by atoms with Gasteiger partial charge in [-0.3, -0.25) is 4.98 Å². The predicted molar refractivity (Wildman–Crippen MR) is 66.9 cm³/mol. The number of aromatic nitrogens is 1.